The molecule has 0 aliphatic heterocycles. The zero-order chi connectivity index (χ0) is 12.4. The first-order valence-electron chi connectivity index (χ1n) is 5.44. The predicted molar refractivity (Wildman–Crippen MR) is 70.2 cm³/mol. The summed E-state index contributed by atoms with van der Waals surface area (Å²) < 4.78 is 5.46. The quantitative estimate of drug-likeness (QED) is 0.694. The zero-order valence-electron chi connectivity index (χ0n) is 9.38. The minimum atomic E-state index is 0.677. The normalized spacial score (nSPS) is 10.5. The van der Waals surface area contributed by atoms with E-state index in [2.05, 4.69) is 9.97 Å². The Morgan fingerprint density at radius 3 is 2.61 bits per heavy atom. The molecule has 1 aromatic carbocycles. The van der Waals surface area contributed by atoms with Gasteiger partial charge >= 0.3 is 0 Å². The van der Waals surface area contributed by atoms with Gasteiger partial charge in [0.05, 0.1) is 0 Å². The lowest BCUT2D eigenvalue weighted by molar-refractivity contribution is 0.572. The maximum atomic E-state index is 5.99. The number of oxazole rings is 1. The van der Waals surface area contributed by atoms with Gasteiger partial charge in [-0.2, -0.15) is 0 Å². The van der Waals surface area contributed by atoms with Crippen molar-refractivity contribution < 1.29 is 4.42 Å². The first kappa shape index (κ1) is 11.0. The number of hydrogen-bond acceptors (Lipinski definition) is 3. The van der Waals surface area contributed by atoms with Crippen LogP contribution in [0.3, 0.4) is 0 Å². The fourth-order valence-corrected chi connectivity index (χ4v) is 1.99. The van der Waals surface area contributed by atoms with Gasteiger partial charge in [0.1, 0.15) is 5.69 Å². The second kappa shape index (κ2) is 4.63. The van der Waals surface area contributed by atoms with Gasteiger partial charge < -0.3 is 4.42 Å². The molecule has 18 heavy (non-hydrogen) atoms. The highest BCUT2D eigenvalue weighted by Gasteiger charge is 2.12. The molecule has 3 nitrogen and oxygen atoms in total. The van der Waals surface area contributed by atoms with Gasteiger partial charge in [-0.15, -0.1) is 0 Å². The van der Waals surface area contributed by atoms with Crippen LogP contribution >= 0.6 is 11.6 Å². The molecule has 0 radical (unpaired) electrons. The van der Waals surface area contributed by atoms with Crippen LogP contribution in [0.4, 0.5) is 0 Å². The van der Waals surface area contributed by atoms with Gasteiger partial charge in [0, 0.05) is 28.5 Å². The van der Waals surface area contributed by atoms with Crippen molar-refractivity contribution >= 4 is 11.6 Å². The Kier molecular flexibility index (Phi) is 2.82. The van der Waals surface area contributed by atoms with Crippen LogP contribution in [0.15, 0.2) is 59.6 Å². The van der Waals surface area contributed by atoms with E-state index in [1.54, 1.807) is 12.4 Å². The third-order valence-corrected chi connectivity index (χ3v) is 2.84. The Morgan fingerprint density at radius 1 is 1.00 bits per heavy atom. The average Bonchev–Trinajstić information content (AvgIpc) is 2.89. The molecule has 3 aromatic rings. The van der Waals surface area contributed by atoms with Crippen molar-refractivity contribution in [1.29, 1.82) is 0 Å². The largest absolute Gasteiger partial charge is 0.443 e. The highest BCUT2D eigenvalue weighted by Crippen LogP contribution is 2.31. The summed E-state index contributed by atoms with van der Waals surface area (Å²) in [5, 5.41) is 0.677. The molecule has 0 saturated carbocycles. The Morgan fingerprint density at radius 2 is 1.83 bits per heavy atom. The van der Waals surface area contributed by atoms with E-state index in [0.29, 0.717) is 5.02 Å². The van der Waals surface area contributed by atoms with Crippen molar-refractivity contribution in [2.24, 2.45) is 0 Å². The first-order chi connectivity index (χ1) is 8.84. The Hall–Kier alpha value is -2.13. The molecule has 0 amide bonds. The van der Waals surface area contributed by atoms with E-state index in [-0.39, 0.29) is 0 Å². The molecule has 88 valence electrons. The Labute approximate surface area is 109 Å². The smallest absolute Gasteiger partial charge is 0.182 e. The minimum absolute atomic E-state index is 0.677. The SMILES string of the molecule is Clc1cccc(-c2ncoc2-c2ccncc2)c1. The highest BCUT2D eigenvalue weighted by molar-refractivity contribution is 6.30. The first-order valence-corrected chi connectivity index (χ1v) is 5.82. The van der Waals surface area contributed by atoms with E-state index in [1.807, 2.05) is 36.4 Å². The van der Waals surface area contributed by atoms with E-state index in [9.17, 15) is 0 Å². The van der Waals surface area contributed by atoms with Crippen LogP contribution < -0.4 is 0 Å². The van der Waals surface area contributed by atoms with Crippen LogP contribution in [-0.2, 0) is 0 Å². The Bertz CT molecular complexity index is 664. The molecule has 0 N–H and O–H groups in total. The average molecular weight is 257 g/mol. The highest BCUT2D eigenvalue weighted by atomic mass is 35.5. The topological polar surface area (TPSA) is 38.9 Å². The van der Waals surface area contributed by atoms with Crippen molar-refractivity contribution in [1.82, 2.24) is 9.97 Å². The lowest BCUT2D eigenvalue weighted by Crippen LogP contribution is -1.82. The van der Waals surface area contributed by atoms with Gasteiger partial charge in [-0.1, -0.05) is 23.7 Å². The number of aromatic nitrogens is 2. The summed E-state index contributed by atoms with van der Waals surface area (Å²) in [5.41, 5.74) is 2.66. The molecule has 0 unspecified atom stereocenters. The van der Waals surface area contributed by atoms with E-state index < -0.39 is 0 Å². The van der Waals surface area contributed by atoms with Crippen LogP contribution in [0, 0.1) is 0 Å². The van der Waals surface area contributed by atoms with Gasteiger partial charge in [-0.25, -0.2) is 4.98 Å². The number of nitrogens with zero attached hydrogens (tertiary/aromatic N) is 2. The van der Waals surface area contributed by atoms with Gasteiger partial charge in [0.15, 0.2) is 12.2 Å². The summed E-state index contributed by atoms with van der Waals surface area (Å²) in [6, 6.07) is 11.3. The fourth-order valence-electron chi connectivity index (χ4n) is 1.80. The summed E-state index contributed by atoms with van der Waals surface area (Å²) in [4.78, 5) is 8.25. The molecule has 0 atom stereocenters. The molecule has 2 heterocycles. The van der Waals surface area contributed by atoms with Crippen LogP contribution in [-0.4, -0.2) is 9.97 Å². The predicted octanol–water partition coefficient (Wildman–Crippen LogP) is 4.06. The maximum Gasteiger partial charge on any atom is 0.182 e. The number of halogens is 1. The number of benzene rings is 1. The number of rotatable bonds is 2. The van der Waals surface area contributed by atoms with Crippen molar-refractivity contribution in [3.05, 3.63) is 60.2 Å². The number of pyridine rings is 1. The molecule has 0 bridgehead atoms. The second-order valence-corrected chi connectivity index (χ2v) is 4.21. The maximum absolute atomic E-state index is 5.99. The van der Waals surface area contributed by atoms with Crippen molar-refractivity contribution in [2.75, 3.05) is 0 Å². The molecule has 0 aliphatic carbocycles. The van der Waals surface area contributed by atoms with Gasteiger partial charge in [0.2, 0.25) is 0 Å². The third-order valence-electron chi connectivity index (χ3n) is 2.61. The summed E-state index contributed by atoms with van der Waals surface area (Å²) in [7, 11) is 0. The molecule has 0 spiro atoms. The summed E-state index contributed by atoms with van der Waals surface area (Å²) in [5.74, 6) is 0.722. The van der Waals surface area contributed by atoms with Crippen LogP contribution in [0.5, 0.6) is 0 Å². The van der Waals surface area contributed by atoms with Gasteiger partial charge in [-0.3, -0.25) is 4.98 Å². The monoisotopic (exact) mass is 256 g/mol. The molecule has 4 heteroatoms. The summed E-state index contributed by atoms with van der Waals surface area (Å²) in [6.07, 6.45) is 4.88. The third kappa shape index (κ3) is 2.00. The minimum Gasteiger partial charge on any atom is -0.443 e. The van der Waals surface area contributed by atoms with E-state index >= 15 is 0 Å². The van der Waals surface area contributed by atoms with Crippen molar-refractivity contribution in [3.63, 3.8) is 0 Å². The van der Waals surface area contributed by atoms with Gasteiger partial charge in [0.25, 0.3) is 0 Å². The van der Waals surface area contributed by atoms with Crippen LogP contribution in [0.2, 0.25) is 5.02 Å². The van der Waals surface area contributed by atoms with E-state index in [0.717, 1.165) is 22.6 Å². The van der Waals surface area contributed by atoms with Crippen LogP contribution in [0.25, 0.3) is 22.6 Å². The van der Waals surface area contributed by atoms with E-state index in [1.165, 1.54) is 6.39 Å². The zero-order valence-corrected chi connectivity index (χ0v) is 10.1. The molecular weight excluding hydrogens is 248 g/mol. The molecule has 0 aliphatic rings. The number of hydrogen-bond donors (Lipinski definition) is 0. The van der Waals surface area contributed by atoms with Crippen molar-refractivity contribution in [2.45, 2.75) is 0 Å². The van der Waals surface area contributed by atoms with Crippen molar-refractivity contribution in [3.8, 4) is 22.6 Å². The summed E-state index contributed by atoms with van der Waals surface area (Å²) in [6.45, 7) is 0. The standard InChI is InChI=1S/C14H9ClN2O/c15-12-3-1-2-11(8-12)13-14(18-9-17-13)10-4-6-16-7-5-10/h1-9H. The molecule has 0 saturated heterocycles. The van der Waals surface area contributed by atoms with Crippen LogP contribution in [0.1, 0.15) is 0 Å². The molecule has 3 rings (SSSR count). The second-order valence-electron chi connectivity index (χ2n) is 3.78. The van der Waals surface area contributed by atoms with Gasteiger partial charge in [-0.05, 0) is 24.3 Å². The van der Waals surface area contributed by atoms with E-state index in [4.69, 9.17) is 16.0 Å². The molecule has 0 fully saturated rings. The lowest BCUT2D eigenvalue weighted by atomic mass is 10.1. The molecule has 2 aromatic heterocycles. The fraction of sp³-hybridized carbons (Fsp3) is 0. The summed E-state index contributed by atoms with van der Waals surface area (Å²) >= 11 is 5.99. The lowest BCUT2D eigenvalue weighted by Gasteiger charge is -2.01. The Balaban J connectivity index is 2.13. The molecular formula is C14H9ClN2O.